The Hall–Kier alpha value is 0.297. The van der Waals surface area contributed by atoms with Gasteiger partial charge in [0.2, 0.25) is 0 Å². The molecule has 0 spiro atoms. The van der Waals surface area contributed by atoms with Crippen LogP contribution in [-0.2, 0) is 4.74 Å². The number of rotatable bonds is 0. The van der Waals surface area contributed by atoms with Crippen molar-refractivity contribution in [2.24, 2.45) is 0 Å². The molecule has 1 heterocycles. The first kappa shape index (κ1) is 12.0. The van der Waals surface area contributed by atoms with Gasteiger partial charge in [0, 0.05) is 13.2 Å². The van der Waals surface area contributed by atoms with E-state index in [4.69, 9.17) is 11.3 Å². The molecule has 1 aliphatic rings. The van der Waals surface area contributed by atoms with Gasteiger partial charge in [0.25, 0.3) is 0 Å². The van der Waals surface area contributed by atoms with Crippen molar-refractivity contribution in [1.82, 2.24) is 0 Å². The fraction of sp³-hybridized carbons (Fsp3) is 0.714. The third-order valence-corrected chi connectivity index (χ3v) is 0.827. The summed E-state index contributed by atoms with van der Waals surface area (Å²) in [5.74, 6) is 0. The van der Waals surface area contributed by atoms with Crippen LogP contribution in [0.3, 0.4) is 0 Å². The number of ether oxygens (including phenoxy) is 1. The van der Waals surface area contributed by atoms with E-state index in [1.54, 1.807) is 6.92 Å². The Kier molecular flexibility index (Phi) is 14.9. The largest absolute Gasteiger partial charge is 1.00 e. The van der Waals surface area contributed by atoms with Crippen molar-refractivity contribution in [1.29, 1.82) is 0 Å². The molecule has 2 heteroatoms. The maximum atomic E-state index is 4.94. The minimum Gasteiger partial charge on any atom is -0.518 e. The van der Waals surface area contributed by atoms with Gasteiger partial charge in [-0.3, -0.25) is 6.08 Å². The summed E-state index contributed by atoms with van der Waals surface area (Å²) >= 11 is 0. The molecule has 0 aromatic rings. The van der Waals surface area contributed by atoms with Crippen molar-refractivity contribution in [2.45, 2.75) is 19.8 Å². The fourth-order valence-electron chi connectivity index (χ4n) is 0.510. The van der Waals surface area contributed by atoms with E-state index in [0.717, 1.165) is 13.2 Å². The van der Waals surface area contributed by atoms with Gasteiger partial charge in [-0.15, -0.1) is 0 Å². The molecule has 0 saturated carbocycles. The average molecular weight is 120 g/mol. The quantitative estimate of drug-likeness (QED) is 0.288. The first-order valence-corrected chi connectivity index (χ1v) is 2.99. The minimum absolute atomic E-state index is 0. The second-order valence-corrected chi connectivity index (χ2v) is 1.65. The molecule has 1 aliphatic heterocycles. The summed E-state index contributed by atoms with van der Waals surface area (Å²) in [7, 11) is 0. The van der Waals surface area contributed by atoms with E-state index < -0.39 is 0 Å². The van der Waals surface area contributed by atoms with Gasteiger partial charge >= 0.3 is 18.9 Å². The van der Waals surface area contributed by atoms with Crippen LogP contribution >= 0.6 is 0 Å². The number of hydrogen-bond donors (Lipinski definition) is 0. The van der Waals surface area contributed by atoms with E-state index in [0.29, 0.717) is 0 Å². The van der Waals surface area contributed by atoms with Crippen molar-refractivity contribution in [3.05, 3.63) is 12.7 Å². The van der Waals surface area contributed by atoms with E-state index in [1.165, 1.54) is 18.9 Å². The van der Waals surface area contributed by atoms with Crippen molar-refractivity contribution >= 4 is 0 Å². The molecule has 1 nitrogen and oxygen atoms in total. The van der Waals surface area contributed by atoms with Crippen LogP contribution in [0.25, 0.3) is 0 Å². The SMILES string of the molecule is C1CCOC1.[CH-]=CC.[Li+]. The normalized spacial score (nSPS) is 14.8. The first-order chi connectivity index (χ1) is 3.91. The molecule has 0 amide bonds. The van der Waals surface area contributed by atoms with Gasteiger partial charge in [-0.25, -0.2) is 0 Å². The van der Waals surface area contributed by atoms with Gasteiger partial charge in [0.15, 0.2) is 0 Å². The van der Waals surface area contributed by atoms with Crippen molar-refractivity contribution < 1.29 is 23.6 Å². The van der Waals surface area contributed by atoms with Gasteiger partial charge in [-0.2, -0.15) is 0 Å². The third-order valence-electron chi connectivity index (χ3n) is 0.827. The second kappa shape index (κ2) is 11.1. The molecule has 1 rings (SSSR count). The van der Waals surface area contributed by atoms with Gasteiger partial charge in [0.1, 0.15) is 0 Å². The van der Waals surface area contributed by atoms with Crippen molar-refractivity contribution in [3.63, 3.8) is 0 Å². The Balaban J connectivity index is 0. The van der Waals surface area contributed by atoms with Gasteiger partial charge in [-0.1, -0.05) is 6.92 Å². The van der Waals surface area contributed by atoms with Crippen LogP contribution in [0.1, 0.15) is 19.8 Å². The summed E-state index contributed by atoms with van der Waals surface area (Å²) in [5, 5.41) is 0. The van der Waals surface area contributed by atoms with E-state index in [2.05, 4.69) is 0 Å². The second-order valence-electron chi connectivity index (χ2n) is 1.65. The van der Waals surface area contributed by atoms with Crippen LogP contribution in [0.4, 0.5) is 0 Å². The summed E-state index contributed by atoms with van der Waals surface area (Å²) in [4.78, 5) is 0. The van der Waals surface area contributed by atoms with Crippen LogP contribution < -0.4 is 18.9 Å². The zero-order valence-corrected chi connectivity index (χ0v) is 6.39. The Morgan fingerprint density at radius 3 is 1.78 bits per heavy atom. The summed E-state index contributed by atoms with van der Waals surface area (Å²) in [6, 6.07) is 0. The zero-order chi connectivity index (χ0) is 6.24. The smallest absolute Gasteiger partial charge is 0.518 e. The molecule has 1 fully saturated rings. The molecule has 0 bridgehead atoms. The summed E-state index contributed by atoms with van der Waals surface area (Å²) < 4.78 is 4.94. The Morgan fingerprint density at radius 1 is 1.33 bits per heavy atom. The van der Waals surface area contributed by atoms with Gasteiger partial charge < -0.3 is 11.3 Å². The molecule has 0 N–H and O–H groups in total. The van der Waals surface area contributed by atoms with Crippen molar-refractivity contribution in [2.75, 3.05) is 13.2 Å². The predicted octanol–water partition coefficient (Wildman–Crippen LogP) is -1.20. The predicted molar refractivity (Wildman–Crippen MR) is 34.6 cm³/mol. The van der Waals surface area contributed by atoms with Crippen molar-refractivity contribution in [3.8, 4) is 0 Å². The van der Waals surface area contributed by atoms with E-state index in [-0.39, 0.29) is 18.9 Å². The summed E-state index contributed by atoms with van der Waals surface area (Å²) in [5.41, 5.74) is 0. The number of hydrogen-bond acceptors (Lipinski definition) is 1. The van der Waals surface area contributed by atoms with Crippen LogP contribution in [0.15, 0.2) is 6.08 Å². The van der Waals surface area contributed by atoms with Crippen LogP contribution in [0.2, 0.25) is 0 Å². The van der Waals surface area contributed by atoms with E-state index in [1.807, 2.05) is 0 Å². The van der Waals surface area contributed by atoms with Gasteiger partial charge in [0.05, 0.1) is 0 Å². The van der Waals surface area contributed by atoms with Crippen LogP contribution in [-0.4, -0.2) is 13.2 Å². The van der Waals surface area contributed by atoms with Gasteiger partial charge in [-0.05, 0) is 12.8 Å². The molecule has 0 aromatic carbocycles. The molecular weight excluding hydrogens is 107 g/mol. The Morgan fingerprint density at radius 2 is 1.67 bits per heavy atom. The molecule has 9 heavy (non-hydrogen) atoms. The summed E-state index contributed by atoms with van der Waals surface area (Å²) in [6.07, 6.45) is 4.06. The molecule has 1 saturated heterocycles. The van der Waals surface area contributed by atoms with Crippen LogP contribution in [0, 0.1) is 6.58 Å². The maximum absolute atomic E-state index is 4.94. The van der Waals surface area contributed by atoms with Crippen LogP contribution in [0.5, 0.6) is 0 Å². The number of allylic oxidation sites excluding steroid dienone is 1. The Labute approximate surface area is 69.7 Å². The molecule has 0 aliphatic carbocycles. The Bertz CT molecular complexity index is 43.3. The van der Waals surface area contributed by atoms with E-state index >= 15 is 0 Å². The maximum Gasteiger partial charge on any atom is 1.00 e. The molecule has 0 atom stereocenters. The fourth-order valence-corrected chi connectivity index (χ4v) is 0.510. The topological polar surface area (TPSA) is 9.23 Å². The minimum atomic E-state index is 0. The molecule has 48 valence electrons. The molecule has 0 radical (unpaired) electrons. The average Bonchev–Trinajstić information content (AvgIpc) is 2.17. The third kappa shape index (κ3) is 11.7. The molecule has 0 aromatic heterocycles. The monoisotopic (exact) mass is 120 g/mol. The standard InChI is InChI=1S/C4H8O.C3H5.Li/c1-2-4-5-3-1;1-3-2;/h1-4H2;1,3H,2H3;/q;-1;+1. The van der Waals surface area contributed by atoms with E-state index in [9.17, 15) is 0 Å². The zero-order valence-electron chi connectivity index (χ0n) is 6.39. The summed E-state index contributed by atoms with van der Waals surface area (Å²) in [6.45, 7) is 8.50. The molecular formula is C7H13LiO. The first-order valence-electron chi connectivity index (χ1n) is 2.99. The molecule has 0 unspecified atom stereocenters.